The first kappa shape index (κ1) is 14.6. The fraction of sp³-hybridized carbons (Fsp3) is 0.500. The zero-order valence-electron chi connectivity index (χ0n) is 11.1. The van der Waals surface area contributed by atoms with Crippen molar-refractivity contribution in [1.82, 2.24) is 5.32 Å². The van der Waals surface area contributed by atoms with E-state index in [9.17, 15) is 9.18 Å². The van der Waals surface area contributed by atoms with E-state index < -0.39 is 0 Å². The van der Waals surface area contributed by atoms with Crippen LogP contribution >= 0.6 is 0 Å². The summed E-state index contributed by atoms with van der Waals surface area (Å²) in [5, 5.41) is 3.24. The number of benzene rings is 1. The number of aryl methyl sites for hydroxylation is 1. The average molecular weight is 253 g/mol. The topological polar surface area (TPSA) is 38.3 Å². The van der Waals surface area contributed by atoms with E-state index in [2.05, 4.69) is 10.1 Å². The van der Waals surface area contributed by atoms with Crippen molar-refractivity contribution < 1.29 is 13.9 Å². The molecule has 0 aliphatic heterocycles. The van der Waals surface area contributed by atoms with Gasteiger partial charge in [-0.2, -0.15) is 0 Å². The molecule has 1 aromatic rings. The van der Waals surface area contributed by atoms with E-state index >= 15 is 0 Å². The predicted molar refractivity (Wildman–Crippen MR) is 68.9 cm³/mol. The van der Waals surface area contributed by atoms with Crippen LogP contribution in [-0.2, 0) is 16.0 Å². The summed E-state index contributed by atoms with van der Waals surface area (Å²) in [6, 6.07) is 4.89. The van der Waals surface area contributed by atoms with Crippen molar-refractivity contribution in [2.75, 3.05) is 13.7 Å². The SMILES string of the molecule is COC(=O)CC(C)NCCc1ccc(F)cc1C. The van der Waals surface area contributed by atoms with Crippen molar-refractivity contribution in [2.45, 2.75) is 32.7 Å². The van der Waals surface area contributed by atoms with Crippen LogP contribution in [0.4, 0.5) is 4.39 Å². The van der Waals surface area contributed by atoms with Crippen LogP contribution in [0.1, 0.15) is 24.5 Å². The van der Waals surface area contributed by atoms with Gasteiger partial charge in [-0.3, -0.25) is 4.79 Å². The zero-order valence-corrected chi connectivity index (χ0v) is 11.1. The van der Waals surface area contributed by atoms with E-state index in [1.165, 1.54) is 19.2 Å². The summed E-state index contributed by atoms with van der Waals surface area (Å²) < 4.78 is 17.5. The largest absolute Gasteiger partial charge is 0.469 e. The highest BCUT2D eigenvalue weighted by Gasteiger charge is 2.08. The number of hydrogen-bond donors (Lipinski definition) is 1. The van der Waals surface area contributed by atoms with Crippen molar-refractivity contribution >= 4 is 5.97 Å². The zero-order chi connectivity index (χ0) is 13.5. The number of methoxy groups -OCH3 is 1. The molecule has 0 spiro atoms. The number of carbonyl (C=O) groups is 1. The van der Waals surface area contributed by atoms with E-state index in [4.69, 9.17) is 0 Å². The number of esters is 1. The van der Waals surface area contributed by atoms with Crippen LogP contribution in [0, 0.1) is 12.7 Å². The van der Waals surface area contributed by atoms with Gasteiger partial charge in [-0.25, -0.2) is 4.39 Å². The maximum absolute atomic E-state index is 12.9. The molecule has 1 unspecified atom stereocenters. The van der Waals surface area contributed by atoms with Gasteiger partial charge in [-0.1, -0.05) is 6.07 Å². The summed E-state index contributed by atoms with van der Waals surface area (Å²) in [6.07, 6.45) is 1.18. The second-order valence-electron chi connectivity index (χ2n) is 4.46. The number of nitrogens with one attached hydrogen (secondary N) is 1. The lowest BCUT2D eigenvalue weighted by atomic mass is 10.1. The number of hydrogen-bond acceptors (Lipinski definition) is 3. The van der Waals surface area contributed by atoms with Gasteiger partial charge in [0.15, 0.2) is 0 Å². The van der Waals surface area contributed by atoms with Crippen molar-refractivity contribution in [3.05, 3.63) is 35.1 Å². The van der Waals surface area contributed by atoms with Crippen molar-refractivity contribution in [2.24, 2.45) is 0 Å². The van der Waals surface area contributed by atoms with Crippen molar-refractivity contribution in [1.29, 1.82) is 0 Å². The Morgan fingerprint density at radius 3 is 2.83 bits per heavy atom. The van der Waals surface area contributed by atoms with Crippen LogP contribution in [0.25, 0.3) is 0 Å². The van der Waals surface area contributed by atoms with Crippen LogP contribution < -0.4 is 5.32 Å². The minimum atomic E-state index is -0.215. The average Bonchev–Trinajstić information content (AvgIpc) is 2.31. The van der Waals surface area contributed by atoms with Gasteiger partial charge in [-0.15, -0.1) is 0 Å². The third kappa shape index (κ3) is 4.84. The molecule has 1 aromatic carbocycles. The maximum atomic E-state index is 12.9. The van der Waals surface area contributed by atoms with Crippen LogP contribution in [0.3, 0.4) is 0 Å². The molecule has 0 heterocycles. The molecule has 100 valence electrons. The summed E-state index contributed by atoms with van der Waals surface area (Å²) >= 11 is 0. The molecule has 1 atom stereocenters. The molecule has 0 radical (unpaired) electrons. The lowest BCUT2D eigenvalue weighted by Gasteiger charge is -2.13. The highest BCUT2D eigenvalue weighted by Crippen LogP contribution is 2.10. The molecule has 0 bridgehead atoms. The normalized spacial score (nSPS) is 12.2. The first-order valence-corrected chi connectivity index (χ1v) is 6.08. The van der Waals surface area contributed by atoms with Gasteiger partial charge in [0.25, 0.3) is 0 Å². The molecule has 1 rings (SSSR count). The lowest BCUT2D eigenvalue weighted by molar-refractivity contribution is -0.141. The van der Waals surface area contributed by atoms with Crippen LogP contribution in [0.5, 0.6) is 0 Å². The number of ether oxygens (including phenoxy) is 1. The van der Waals surface area contributed by atoms with E-state index in [1.54, 1.807) is 6.07 Å². The molecule has 0 saturated carbocycles. The first-order chi connectivity index (χ1) is 8.52. The molecule has 0 aliphatic carbocycles. The molecule has 1 N–H and O–H groups in total. The quantitative estimate of drug-likeness (QED) is 0.790. The van der Waals surface area contributed by atoms with Crippen LogP contribution in [0.15, 0.2) is 18.2 Å². The fourth-order valence-electron chi connectivity index (χ4n) is 1.80. The van der Waals surface area contributed by atoms with Gasteiger partial charge in [0.1, 0.15) is 5.82 Å². The van der Waals surface area contributed by atoms with E-state index in [0.717, 1.165) is 24.1 Å². The Hall–Kier alpha value is -1.42. The number of halogens is 1. The summed E-state index contributed by atoms with van der Waals surface area (Å²) in [5.41, 5.74) is 2.08. The Morgan fingerprint density at radius 1 is 1.50 bits per heavy atom. The number of carbonyl (C=O) groups excluding carboxylic acids is 1. The van der Waals surface area contributed by atoms with Gasteiger partial charge < -0.3 is 10.1 Å². The Labute approximate surface area is 107 Å². The van der Waals surface area contributed by atoms with E-state index in [-0.39, 0.29) is 17.8 Å². The highest BCUT2D eigenvalue weighted by molar-refractivity contribution is 5.69. The summed E-state index contributed by atoms with van der Waals surface area (Å²) in [5.74, 6) is -0.420. The van der Waals surface area contributed by atoms with Gasteiger partial charge in [0.05, 0.1) is 13.5 Å². The maximum Gasteiger partial charge on any atom is 0.307 e. The summed E-state index contributed by atoms with van der Waals surface area (Å²) in [6.45, 7) is 4.59. The van der Waals surface area contributed by atoms with Gasteiger partial charge >= 0.3 is 5.97 Å². The standard InChI is InChI=1S/C14H20FNO2/c1-10-8-13(15)5-4-12(10)6-7-16-11(2)9-14(17)18-3/h4-5,8,11,16H,6-7,9H2,1-3H3. The first-order valence-electron chi connectivity index (χ1n) is 6.08. The lowest BCUT2D eigenvalue weighted by Crippen LogP contribution is -2.30. The Bertz CT molecular complexity index is 407. The third-order valence-electron chi connectivity index (χ3n) is 2.89. The van der Waals surface area contributed by atoms with Gasteiger partial charge in [0.2, 0.25) is 0 Å². The second kappa shape index (κ2) is 7.11. The van der Waals surface area contributed by atoms with E-state index in [0.29, 0.717) is 6.42 Å². The molecule has 0 saturated heterocycles. The smallest absolute Gasteiger partial charge is 0.307 e. The van der Waals surface area contributed by atoms with Crippen LogP contribution in [0.2, 0.25) is 0 Å². The Morgan fingerprint density at radius 2 is 2.22 bits per heavy atom. The molecule has 18 heavy (non-hydrogen) atoms. The highest BCUT2D eigenvalue weighted by atomic mass is 19.1. The molecule has 0 aromatic heterocycles. The molecule has 0 fully saturated rings. The fourth-order valence-corrected chi connectivity index (χ4v) is 1.80. The summed E-state index contributed by atoms with van der Waals surface area (Å²) in [7, 11) is 1.39. The predicted octanol–water partition coefficient (Wildman–Crippen LogP) is 2.22. The Balaban J connectivity index is 2.35. The molecular formula is C14H20FNO2. The minimum absolute atomic E-state index is 0.0817. The van der Waals surface area contributed by atoms with Gasteiger partial charge in [0, 0.05) is 6.04 Å². The monoisotopic (exact) mass is 253 g/mol. The van der Waals surface area contributed by atoms with Crippen molar-refractivity contribution in [3.8, 4) is 0 Å². The summed E-state index contributed by atoms with van der Waals surface area (Å²) in [4.78, 5) is 11.0. The second-order valence-corrected chi connectivity index (χ2v) is 4.46. The molecule has 3 nitrogen and oxygen atoms in total. The minimum Gasteiger partial charge on any atom is -0.469 e. The molecule has 0 amide bonds. The van der Waals surface area contributed by atoms with Gasteiger partial charge in [-0.05, 0) is 50.1 Å². The van der Waals surface area contributed by atoms with E-state index in [1.807, 2.05) is 13.8 Å². The molecule has 0 aliphatic rings. The van der Waals surface area contributed by atoms with Crippen LogP contribution in [-0.4, -0.2) is 25.7 Å². The third-order valence-corrected chi connectivity index (χ3v) is 2.89. The molecule has 4 heteroatoms. The Kier molecular flexibility index (Phi) is 5.78. The molecular weight excluding hydrogens is 233 g/mol. The van der Waals surface area contributed by atoms with Crippen molar-refractivity contribution in [3.63, 3.8) is 0 Å². The number of rotatable bonds is 6.